The van der Waals surface area contributed by atoms with Crippen molar-refractivity contribution in [2.45, 2.75) is 0 Å². The highest BCUT2D eigenvalue weighted by atomic mass is 35.5. The molecule has 1 rings (SSSR count). The minimum atomic E-state index is -0.400. The highest BCUT2D eigenvalue weighted by molar-refractivity contribution is 6.31. The Morgan fingerprint density at radius 3 is 1.89 bits per heavy atom. The molecule has 19 heavy (non-hydrogen) atoms. The van der Waals surface area contributed by atoms with Gasteiger partial charge in [-0.2, -0.15) is 0 Å². The number of carbonyl (C=O) groups excluding carboxylic acids is 2. The molecule has 0 aliphatic carbocycles. The van der Waals surface area contributed by atoms with Gasteiger partial charge in [-0.25, -0.2) is 0 Å². The predicted octanol–water partition coefficient (Wildman–Crippen LogP) is 2.89. The zero-order valence-electron chi connectivity index (χ0n) is 10.5. The fraction of sp³-hybridized carbons (Fsp3) is 0.0667. The van der Waals surface area contributed by atoms with Gasteiger partial charge in [-0.05, 0) is 11.6 Å². The van der Waals surface area contributed by atoms with Crippen molar-refractivity contribution in [1.29, 1.82) is 0 Å². The number of amides is 2. The Hall–Kier alpha value is -2.13. The summed E-state index contributed by atoms with van der Waals surface area (Å²) in [5.41, 5.74) is 1.14. The quantitative estimate of drug-likeness (QED) is 0.552. The van der Waals surface area contributed by atoms with Crippen LogP contribution in [0, 0.1) is 0 Å². The first kappa shape index (κ1) is 14.9. The first-order valence-corrected chi connectivity index (χ1v) is 5.86. The topological polar surface area (TPSA) is 37.4 Å². The third kappa shape index (κ3) is 3.01. The number of rotatable bonds is 6. The second kappa shape index (κ2) is 6.16. The average Bonchev–Trinajstić information content (AvgIpc) is 2.60. The molecule has 4 heteroatoms. The summed E-state index contributed by atoms with van der Waals surface area (Å²) in [5.74, 6) is -0.800. The summed E-state index contributed by atoms with van der Waals surface area (Å²) in [7, 11) is 0. The van der Waals surface area contributed by atoms with Crippen molar-refractivity contribution in [3.8, 4) is 0 Å². The third-order valence-corrected chi connectivity index (χ3v) is 2.70. The van der Waals surface area contributed by atoms with Crippen LogP contribution >= 0.6 is 11.6 Å². The van der Waals surface area contributed by atoms with Gasteiger partial charge in [-0.15, -0.1) is 0 Å². The molecular formula is C15H14ClNO2. The molecule has 1 aliphatic rings. The van der Waals surface area contributed by atoms with Crippen molar-refractivity contribution in [2.24, 2.45) is 0 Å². The van der Waals surface area contributed by atoms with Crippen molar-refractivity contribution < 1.29 is 9.59 Å². The number of imide groups is 1. The normalized spacial score (nSPS) is 15.8. The van der Waals surface area contributed by atoms with E-state index < -0.39 is 11.8 Å². The number of hydrogen-bond donors (Lipinski definition) is 0. The van der Waals surface area contributed by atoms with E-state index in [9.17, 15) is 9.59 Å². The molecule has 1 heterocycles. The molecule has 98 valence electrons. The summed E-state index contributed by atoms with van der Waals surface area (Å²) in [6.45, 7) is 14.3. The first-order valence-electron chi connectivity index (χ1n) is 5.49. The van der Waals surface area contributed by atoms with Crippen LogP contribution in [0.4, 0.5) is 0 Å². The van der Waals surface area contributed by atoms with Crippen molar-refractivity contribution in [2.75, 3.05) is 6.54 Å². The molecule has 0 aromatic heterocycles. The highest BCUT2D eigenvalue weighted by Gasteiger charge is 2.35. The Morgan fingerprint density at radius 2 is 1.58 bits per heavy atom. The third-order valence-electron chi connectivity index (χ3n) is 2.59. The van der Waals surface area contributed by atoms with Crippen LogP contribution in [-0.2, 0) is 9.59 Å². The van der Waals surface area contributed by atoms with E-state index in [-0.39, 0.29) is 17.7 Å². The molecule has 0 aromatic carbocycles. The summed E-state index contributed by atoms with van der Waals surface area (Å²) >= 11 is 5.67. The molecular weight excluding hydrogens is 262 g/mol. The number of nitrogens with zero attached hydrogens (tertiary/aromatic N) is 1. The Labute approximate surface area is 117 Å². The highest BCUT2D eigenvalue weighted by Crippen LogP contribution is 2.23. The van der Waals surface area contributed by atoms with Crippen molar-refractivity contribution in [3.05, 3.63) is 72.4 Å². The van der Waals surface area contributed by atoms with Crippen LogP contribution in [0.2, 0.25) is 0 Å². The van der Waals surface area contributed by atoms with Crippen LogP contribution < -0.4 is 0 Å². The average molecular weight is 276 g/mol. The van der Waals surface area contributed by atoms with Crippen LogP contribution in [0.5, 0.6) is 0 Å². The van der Waals surface area contributed by atoms with Gasteiger partial charge in [-0.3, -0.25) is 14.5 Å². The van der Waals surface area contributed by atoms with E-state index in [1.807, 2.05) is 0 Å². The minimum absolute atomic E-state index is 0.0849. The van der Waals surface area contributed by atoms with E-state index >= 15 is 0 Å². The van der Waals surface area contributed by atoms with Crippen LogP contribution in [0.15, 0.2) is 72.4 Å². The molecule has 0 atom stereocenters. The molecule has 0 saturated carbocycles. The van der Waals surface area contributed by atoms with Crippen LogP contribution in [0.3, 0.4) is 0 Å². The van der Waals surface area contributed by atoms with Gasteiger partial charge >= 0.3 is 0 Å². The molecule has 3 nitrogen and oxygen atoms in total. The van der Waals surface area contributed by atoms with Gasteiger partial charge in [0, 0.05) is 5.03 Å². The van der Waals surface area contributed by atoms with Crippen molar-refractivity contribution in [1.82, 2.24) is 4.90 Å². The van der Waals surface area contributed by atoms with Gasteiger partial charge in [-0.1, -0.05) is 56.1 Å². The lowest BCUT2D eigenvalue weighted by molar-refractivity contribution is -0.136. The number of hydrogen-bond acceptors (Lipinski definition) is 2. The van der Waals surface area contributed by atoms with Gasteiger partial charge in [0.05, 0.1) is 17.7 Å². The largest absolute Gasteiger partial charge is 0.270 e. The van der Waals surface area contributed by atoms with E-state index in [2.05, 4.69) is 26.3 Å². The lowest BCUT2D eigenvalue weighted by atomic mass is 10.1. The molecule has 0 radical (unpaired) electrons. The van der Waals surface area contributed by atoms with E-state index in [1.54, 1.807) is 6.08 Å². The van der Waals surface area contributed by atoms with E-state index in [0.29, 0.717) is 10.6 Å². The Balaban J connectivity index is 3.07. The maximum absolute atomic E-state index is 12.1. The summed E-state index contributed by atoms with van der Waals surface area (Å²) in [4.78, 5) is 25.2. The van der Waals surface area contributed by atoms with E-state index in [1.165, 1.54) is 18.2 Å². The Bertz CT molecular complexity index is 522. The smallest absolute Gasteiger partial charge is 0.261 e. The summed E-state index contributed by atoms with van der Waals surface area (Å²) < 4.78 is 0. The maximum atomic E-state index is 12.1. The molecule has 0 bridgehead atoms. The summed E-state index contributed by atoms with van der Waals surface area (Å²) in [6, 6.07) is 0. The van der Waals surface area contributed by atoms with E-state index in [0.717, 1.165) is 4.90 Å². The molecule has 1 aliphatic heterocycles. The fourth-order valence-corrected chi connectivity index (χ4v) is 1.84. The first-order chi connectivity index (χ1) is 8.96. The van der Waals surface area contributed by atoms with Gasteiger partial charge < -0.3 is 0 Å². The fourth-order valence-electron chi connectivity index (χ4n) is 1.70. The molecule has 0 saturated heterocycles. The summed E-state index contributed by atoms with van der Waals surface area (Å²) in [5, 5.41) is 0.301. The lowest BCUT2D eigenvalue weighted by Gasteiger charge is -2.15. The Morgan fingerprint density at radius 1 is 1.11 bits per heavy atom. The predicted molar refractivity (Wildman–Crippen MR) is 77.4 cm³/mol. The van der Waals surface area contributed by atoms with Gasteiger partial charge in [0.2, 0.25) is 0 Å². The van der Waals surface area contributed by atoms with Crippen LogP contribution in [0.25, 0.3) is 0 Å². The maximum Gasteiger partial charge on any atom is 0.261 e. The molecule has 0 unspecified atom stereocenters. The SMILES string of the molecule is C=CC1=C(C=C)C(=O)N(C/C(C=C)=C/C(=C)Cl)C1=O. The summed E-state index contributed by atoms with van der Waals surface area (Å²) in [6.07, 6.45) is 5.78. The Kier molecular flexibility index (Phi) is 4.84. The van der Waals surface area contributed by atoms with Crippen LogP contribution in [-0.4, -0.2) is 23.3 Å². The number of carbonyl (C=O) groups is 2. The lowest BCUT2D eigenvalue weighted by Crippen LogP contribution is -2.33. The zero-order valence-corrected chi connectivity index (χ0v) is 11.2. The number of halogens is 1. The van der Waals surface area contributed by atoms with Crippen LogP contribution in [0.1, 0.15) is 0 Å². The van der Waals surface area contributed by atoms with Gasteiger partial charge in [0.25, 0.3) is 11.8 Å². The molecule has 2 amide bonds. The molecule has 0 spiro atoms. The van der Waals surface area contributed by atoms with Crippen molar-refractivity contribution in [3.63, 3.8) is 0 Å². The van der Waals surface area contributed by atoms with Gasteiger partial charge in [0.1, 0.15) is 0 Å². The second-order valence-electron chi connectivity index (χ2n) is 3.80. The molecule has 0 fully saturated rings. The zero-order chi connectivity index (χ0) is 14.6. The molecule has 0 aromatic rings. The standard InChI is InChI=1S/C15H14ClNO2/c1-5-11(8-10(4)16)9-17-14(18)12(6-2)13(7-3)15(17)19/h5-8H,1-4,9H2/b11-8+. The second-order valence-corrected chi connectivity index (χ2v) is 4.29. The molecule has 0 N–H and O–H groups in total. The number of allylic oxidation sites excluding steroid dienone is 2. The van der Waals surface area contributed by atoms with E-state index in [4.69, 9.17) is 11.6 Å². The monoisotopic (exact) mass is 275 g/mol. The minimum Gasteiger partial charge on any atom is -0.270 e. The van der Waals surface area contributed by atoms with Gasteiger partial charge in [0.15, 0.2) is 0 Å². The van der Waals surface area contributed by atoms with Crippen molar-refractivity contribution >= 4 is 23.4 Å².